The van der Waals surface area contributed by atoms with E-state index in [1.54, 1.807) is 12.4 Å². The van der Waals surface area contributed by atoms with Gasteiger partial charge in [0.2, 0.25) is 17.5 Å². The first-order chi connectivity index (χ1) is 12.8. The van der Waals surface area contributed by atoms with Gasteiger partial charge in [-0.05, 0) is 28.0 Å². The summed E-state index contributed by atoms with van der Waals surface area (Å²) in [6.45, 7) is 0.519. The van der Waals surface area contributed by atoms with E-state index < -0.39 is 0 Å². The highest BCUT2D eigenvalue weighted by Gasteiger charge is 2.14. The third-order valence-corrected chi connectivity index (χ3v) is 4.17. The lowest BCUT2D eigenvalue weighted by molar-refractivity contribution is 0.518. The normalized spacial score (nSPS) is 10.6. The van der Waals surface area contributed by atoms with Crippen LogP contribution in [0.15, 0.2) is 71.4 Å². The number of oxazole rings is 1. The van der Waals surface area contributed by atoms with Crippen molar-refractivity contribution in [2.75, 3.05) is 5.32 Å². The summed E-state index contributed by atoms with van der Waals surface area (Å²) in [4.78, 5) is 8.42. The van der Waals surface area contributed by atoms with E-state index in [-0.39, 0.29) is 5.69 Å². The minimum Gasteiger partial charge on any atom is -0.423 e. The maximum atomic E-state index is 9.34. The van der Waals surface area contributed by atoms with Crippen molar-refractivity contribution in [2.24, 2.45) is 0 Å². The van der Waals surface area contributed by atoms with Crippen LogP contribution in [0.25, 0.3) is 10.8 Å². The standard InChI is InChI=1S/C21H16N4O/c22-12-19-21(24-14-15-5-4-10-23-13-15)26-20(25-19)11-17-8-3-7-16-6-1-2-9-18(16)17/h1-10,13,24H,11,14H2. The van der Waals surface area contributed by atoms with Gasteiger partial charge in [0.25, 0.3) is 0 Å². The number of hydrogen-bond acceptors (Lipinski definition) is 5. The van der Waals surface area contributed by atoms with Crippen LogP contribution in [-0.4, -0.2) is 9.97 Å². The number of rotatable bonds is 5. The van der Waals surface area contributed by atoms with Crippen LogP contribution in [0.1, 0.15) is 22.7 Å². The molecule has 2 heterocycles. The molecular weight excluding hydrogens is 324 g/mol. The zero-order valence-electron chi connectivity index (χ0n) is 14.0. The van der Waals surface area contributed by atoms with Crippen molar-refractivity contribution in [3.8, 4) is 6.07 Å². The Bertz CT molecular complexity index is 1070. The first-order valence-corrected chi connectivity index (χ1v) is 8.33. The first-order valence-electron chi connectivity index (χ1n) is 8.33. The molecule has 1 N–H and O–H groups in total. The SMILES string of the molecule is N#Cc1nc(Cc2cccc3ccccc23)oc1NCc1cccnc1. The van der Waals surface area contributed by atoms with Gasteiger partial charge in [0.05, 0.1) is 6.42 Å². The summed E-state index contributed by atoms with van der Waals surface area (Å²) in [7, 11) is 0. The molecule has 5 heteroatoms. The lowest BCUT2D eigenvalue weighted by atomic mass is 10.0. The molecule has 5 nitrogen and oxygen atoms in total. The maximum Gasteiger partial charge on any atom is 0.232 e. The summed E-state index contributed by atoms with van der Waals surface area (Å²) < 4.78 is 5.82. The Balaban J connectivity index is 1.58. The molecule has 2 aromatic carbocycles. The Morgan fingerprint density at radius 3 is 2.77 bits per heavy atom. The molecule has 0 aliphatic heterocycles. The van der Waals surface area contributed by atoms with Gasteiger partial charge in [0, 0.05) is 18.9 Å². The van der Waals surface area contributed by atoms with Gasteiger partial charge in [0.1, 0.15) is 6.07 Å². The van der Waals surface area contributed by atoms with E-state index in [0.29, 0.717) is 24.7 Å². The molecule has 0 aliphatic rings. The Hall–Kier alpha value is -3.65. The van der Waals surface area contributed by atoms with Crippen LogP contribution < -0.4 is 5.32 Å². The smallest absolute Gasteiger partial charge is 0.232 e. The molecule has 0 spiro atoms. The van der Waals surface area contributed by atoms with E-state index in [1.807, 2.05) is 30.3 Å². The van der Waals surface area contributed by atoms with E-state index in [9.17, 15) is 5.26 Å². The molecule has 0 radical (unpaired) electrons. The molecule has 0 saturated heterocycles. The van der Waals surface area contributed by atoms with Crippen LogP contribution >= 0.6 is 0 Å². The second-order valence-corrected chi connectivity index (χ2v) is 5.93. The molecule has 2 aromatic heterocycles. The van der Waals surface area contributed by atoms with Crippen molar-refractivity contribution >= 4 is 16.7 Å². The predicted octanol–water partition coefficient (Wildman–Crippen LogP) is 4.30. The van der Waals surface area contributed by atoms with Gasteiger partial charge in [-0.15, -0.1) is 0 Å². The topological polar surface area (TPSA) is 74.7 Å². The van der Waals surface area contributed by atoms with E-state index >= 15 is 0 Å². The van der Waals surface area contributed by atoms with E-state index in [0.717, 1.165) is 16.5 Å². The van der Waals surface area contributed by atoms with Crippen LogP contribution in [0.5, 0.6) is 0 Å². The molecule has 4 rings (SSSR count). The minimum atomic E-state index is 0.268. The molecule has 0 unspecified atom stereocenters. The van der Waals surface area contributed by atoms with Crippen LogP contribution in [-0.2, 0) is 13.0 Å². The fraction of sp³-hybridized carbons (Fsp3) is 0.0952. The highest BCUT2D eigenvalue weighted by molar-refractivity contribution is 5.85. The average molecular weight is 340 g/mol. The monoisotopic (exact) mass is 340 g/mol. The summed E-state index contributed by atoms with van der Waals surface area (Å²) in [6.07, 6.45) is 4.03. The van der Waals surface area contributed by atoms with Gasteiger partial charge < -0.3 is 9.73 Å². The molecule has 0 bridgehead atoms. The number of anilines is 1. The molecule has 26 heavy (non-hydrogen) atoms. The van der Waals surface area contributed by atoms with Crippen molar-refractivity contribution in [3.05, 3.63) is 89.7 Å². The Morgan fingerprint density at radius 1 is 1.04 bits per heavy atom. The second kappa shape index (κ2) is 7.08. The number of benzene rings is 2. The third-order valence-electron chi connectivity index (χ3n) is 4.17. The van der Waals surface area contributed by atoms with Gasteiger partial charge >= 0.3 is 0 Å². The lowest BCUT2D eigenvalue weighted by Crippen LogP contribution is -2.00. The van der Waals surface area contributed by atoms with E-state index in [4.69, 9.17) is 4.42 Å². The summed E-state index contributed by atoms with van der Waals surface area (Å²) >= 11 is 0. The minimum absolute atomic E-state index is 0.268. The number of aromatic nitrogens is 2. The average Bonchev–Trinajstić information content (AvgIpc) is 3.09. The largest absolute Gasteiger partial charge is 0.423 e. The van der Waals surface area contributed by atoms with Crippen molar-refractivity contribution in [1.29, 1.82) is 5.26 Å². The fourth-order valence-corrected chi connectivity index (χ4v) is 2.93. The van der Waals surface area contributed by atoms with Crippen LogP contribution in [0.3, 0.4) is 0 Å². The summed E-state index contributed by atoms with van der Waals surface area (Å²) in [5.41, 5.74) is 2.39. The Labute approximate surface area is 150 Å². The molecule has 4 aromatic rings. The highest BCUT2D eigenvalue weighted by atomic mass is 16.4. The Morgan fingerprint density at radius 2 is 1.92 bits per heavy atom. The molecule has 0 amide bonds. The van der Waals surface area contributed by atoms with E-state index in [2.05, 4.69) is 45.6 Å². The predicted molar refractivity (Wildman–Crippen MR) is 99.5 cm³/mol. The third kappa shape index (κ3) is 3.26. The summed E-state index contributed by atoms with van der Waals surface area (Å²) in [6, 6.07) is 20.3. The van der Waals surface area contributed by atoms with Gasteiger partial charge in [0.15, 0.2) is 0 Å². The number of nitrogens with one attached hydrogen (secondary N) is 1. The molecule has 0 fully saturated rings. The zero-order valence-corrected chi connectivity index (χ0v) is 14.0. The van der Waals surface area contributed by atoms with Gasteiger partial charge in [-0.25, -0.2) is 4.98 Å². The zero-order chi connectivity index (χ0) is 17.8. The lowest BCUT2D eigenvalue weighted by Gasteiger charge is -2.04. The Kier molecular flexibility index (Phi) is 4.31. The number of pyridine rings is 1. The summed E-state index contributed by atoms with van der Waals surface area (Å²) in [5, 5.41) is 14.8. The van der Waals surface area contributed by atoms with Gasteiger partial charge in [-0.3, -0.25) is 4.98 Å². The first kappa shape index (κ1) is 15.9. The van der Waals surface area contributed by atoms with Crippen LogP contribution in [0.2, 0.25) is 0 Å². The summed E-state index contributed by atoms with van der Waals surface area (Å²) in [5.74, 6) is 0.915. The molecule has 0 atom stereocenters. The maximum absolute atomic E-state index is 9.34. The number of hydrogen-bond donors (Lipinski definition) is 1. The fourth-order valence-electron chi connectivity index (χ4n) is 2.93. The number of nitrogens with zero attached hydrogens (tertiary/aromatic N) is 3. The second-order valence-electron chi connectivity index (χ2n) is 5.93. The quantitative estimate of drug-likeness (QED) is 0.586. The van der Waals surface area contributed by atoms with Crippen molar-refractivity contribution in [1.82, 2.24) is 9.97 Å². The highest BCUT2D eigenvalue weighted by Crippen LogP contribution is 2.24. The molecule has 0 saturated carbocycles. The van der Waals surface area contributed by atoms with Crippen molar-refractivity contribution < 1.29 is 4.42 Å². The van der Waals surface area contributed by atoms with Gasteiger partial charge in [-0.2, -0.15) is 5.26 Å². The van der Waals surface area contributed by atoms with Crippen LogP contribution in [0.4, 0.5) is 5.88 Å². The molecular formula is C21H16N4O. The van der Waals surface area contributed by atoms with Crippen molar-refractivity contribution in [3.63, 3.8) is 0 Å². The molecule has 126 valence electrons. The van der Waals surface area contributed by atoms with Crippen molar-refractivity contribution in [2.45, 2.75) is 13.0 Å². The van der Waals surface area contributed by atoms with Gasteiger partial charge in [-0.1, -0.05) is 48.5 Å². The van der Waals surface area contributed by atoms with E-state index in [1.165, 1.54) is 5.39 Å². The number of nitriles is 1. The molecule has 0 aliphatic carbocycles. The van der Waals surface area contributed by atoms with Crippen LogP contribution in [0, 0.1) is 11.3 Å². The number of fused-ring (bicyclic) bond motifs is 1.